The fraction of sp³-hybridized carbons (Fsp3) is 0.429. The average Bonchev–Trinajstić information content (AvgIpc) is 3.50. The first-order valence-corrected chi connectivity index (χ1v) is 10.4. The number of aromatic nitrogens is 4. The Labute approximate surface area is 178 Å². The average molecular weight is 425 g/mol. The predicted molar refractivity (Wildman–Crippen MR) is 110 cm³/mol. The molecule has 1 saturated heterocycles. The van der Waals surface area contributed by atoms with Crippen LogP contribution < -0.4 is 5.32 Å². The molecule has 162 valence electrons. The van der Waals surface area contributed by atoms with Gasteiger partial charge in [0, 0.05) is 36.9 Å². The molecule has 0 saturated carbocycles. The van der Waals surface area contributed by atoms with Gasteiger partial charge in [0.05, 0.1) is 30.5 Å². The molecule has 31 heavy (non-hydrogen) atoms. The van der Waals surface area contributed by atoms with E-state index in [-0.39, 0.29) is 42.0 Å². The van der Waals surface area contributed by atoms with Gasteiger partial charge in [-0.05, 0) is 32.4 Å². The number of H-pyrrole nitrogens is 1. The third-order valence-electron chi connectivity index (χ3n) is 6.16. The molecule has 2 aliphatic rings. The largest absolute Gasteiger partial charge is 0.347 e. The van der Waals surface area contributed by atoms with Gasteiger partial charge in [0.15, 0.2) is 5.69 Å². The van der Waals surface area contributed by atoms with Crippen LogP contribution >= 0.6 is 0 Å². The summed E-state index contributed by atoms with van der Waals surface area (Å²) in [4.78, 5) is 29.8. The van der Waals surface area contributed by atoms with Crippen molar-refractivity contribution >= 4 is 17.3 Å². The third kappa shape index (κ3) is 3.36. The Balaban J connectivity index is 1.31. The van der Waals surface area contributed by atoms with Crippen molar-refractivity contribution in [3.8, 4) is 0 Å². The zero-order valence-electron chi connectivity index (χ0n) is 17.4. The summed E-state index contributed by atoms with van der Waals surface area (Å²) < 4.78 is 15.6. The number of hydrogen-bond acceptors (Lipinski definition) is 5. The lowest BCUT2D eigenvalue weighted by molar-refractivity contribution is 0.0748. The number of nitrogens with one attached hydrogen (secondary N) is 2. The van der Waals surface area contributed by atoms with Crippen LogP contribution in [0.25, 0.3) is 5.52 Å². The topological polar surface area (TPSA) is 98.6 Å². The van der Waals surface area contributed by atoms with Crippen LogP contribution in [0.1, 0.15) is 52.4 Å². The van der Waals surface area contributed by atoms with E-state index in [1.165, 1.54) is 22.8 Å². The standard InChI is InChI=1S/C21H24FN7O2/c1-12(2)27-7-5-13(9-27)24-20(30)18-15-10-28(11-17(15)25-26-18)21(31)14-8-23-29-6-3-4-16(22)19(14)29/h3-4,6,8,12-13H,5,7,9-11H2,1-2H3,(H,24,30)(H,25,26)/t13-/m0/s1. The lowest BCUT2D eigenvalue weighted by Gasteiger charge is -2.20. The molecule has 1 fully saturated rings. The van der Waals surface area contributed by atoms with Crippen molar-refractivity contribution in [2.45, 2.75) is 45.4 Å². The highest BCUT2D eigenvalue weighted by Gasteiger charge is 2.34. The first-order valence-electron chi connectivity index (χ1n) is 10.4. The van der Waals surface area contributed by atoms with E-state index in [0.717, 1.165) is 25.2 Å². The van der Waals surface area contributed by atoms with E-state index in [9.17, 15) is 14.0 Å². The Kier molecular flexibility index (Phi) is 4.73. The molecular weight excluding hydrogens is 401 g/mol. The van der Waals surface area contributed by atoms with Gasteiger partial charge in [-0.2, -0.15) is 10.2 Å². The molecule has 5 heterocycles. The summed E-state index contributed by atoms with van der Waals surface area (Å²) in [5.41, 5.74) is 2.10. The van der Waals surface area contributed by atoms with E-state index in [4.69, 9.17) is 0 Å². The van der Waals surface area contributed by atoms with Crippen molar-refractivity contribution < 1.29 is 14.0 Å². The summed E-state index contributed by atoms with van der Waals surface area (Å²) in [5, 5.41) is 14.2. The van der Waals surface area contributed by atoms with Gasteiger partial charge in [-0.25, -0.2) is 8.91 Å². The molecule has 0 radical (unpaired) electrons. The summed E-state index contributed by atoms with van der Waals surface area (Å²) in [6, 6.07) is 3.37. The van der Waals surface area contributed by atoms with Gasteiger partial charge < -0.3 is 10.2 Å². The van der Waals surface area contributed by atoms with Crippen LogP contribution in [0.15, 0.2) is 24.5 Å². The number of carbonyl (C=O) groups is 2. The summed E-state index contributed by atoms with van der Waals surface area (Å²) >= 11 is 0. The number of halogens is 1. The highest BCUT2D eigenvalue weighted by atomic mass is 19.1. The zero-order valence-corrected chi connectivity index (χ0v) is 17.4. The molecule has 3 aromatic rings. The number of aromatic amines is 1. The molecule has 0 bridgehead atoms. The minimum Gasteiger partial charge on any atom is -0.347 e. The van der Waals surface area contributed by atoms with Gasteiger partial charge in [-0.3, -0.25) is 19.6 Å². The van der Waals surface area contributed by atoms with Gasteiger partial charge in [-0.15, -0.1) is 0 Å². The molecule has 5 rings (SSSR count). The molecular formula is C21H24FN7O2. The molecule has 0 aliphatic carbocycles. The fourth-order valence-corrected chi connectivity index (χ4v) is 4.43. The molecule has 1 atom stereocenters. The Morgan fingerprint density at radius 3 is 2.94 bits per heavy atom. The minimum absolute atomic E-state index is 0.0862. The summed E-state index contributed by atoms with van der Waals surface area (Å²) in [6.07, 6.45) is 3.87. The maximum atomic E-state index is 14.3. The molecule has 2 aliphatic heterocycles. The quantitative estimate of drug-likeness (QED) is 0.661. The van der Waals surface area contributed by atoms with Crippen molar-refractivity contribution in [1.29, 1.82) is 0 Å². The fourth-order valence-electron chi connectivity index (χ4n) is 4.43. The second-order valence-corrected chi connectivity index (χ2v) is 8.45. The SMILES string of the molecule is CC(C)N1CC[C@H](NC(=O)c2n[nH]c3c2CN(C(=O)c2cnn4cccc(F)c24)C3)C1. The highest BCUT2D eigenvalue weighted by molar-refractivity contribution is 6.01. The maximum Gasteiger partial charge on any atom is 0.272 e. The van der Waals surface area contributed by atoms with E-state index in [1.54, 1.807) is 11.1 Å². The maximum absolute atomic E-state index is 14.3. The van der Waals surface area contributed by atoms with Gasteiger partial charge in [0.25, 0.3) is 11.8 Å². The van der Waals surface area contributed by atoms with E-state index in [0.29, 0.717) is 17.3 Å². The van der Waals surface area contributed by atoms with Crippen LogP contribution in [0.4, 0.5) is 4.39 Å². The van der Waals surface area contributed by atoms with Crippen molar-refractivity contribution in [3.63, 3.8) is 0 Å². The number of likely N-dealkylation sites (tertiary alicyclic amines) is 1. The molecule has 0 unspecified atom stereocenters. The lowest BCUT2D eigenvalue weighted by Crippen LogP contribution is -2.39. The highest BCUT2D eigenvalue weighted by Crippen LogP contribution is 2.27. The van der Waals surface area contributed by atoms with Gasteiger partial charge in [0.1, 0.15) is 11.3 Å². The number of amides is 2. The van der Waals surface area contributed by atoms with Crippen LogP contribution in [0.5, 0.6) is 0 Å². The molecule has 2 amide bonds. The monoisotopic (exact) mass is 425 g/mol. The Morgan fingerprint density at radius 1 is 1.32 bits per heavy atom. The number of hydrogen-bond donors (Lipinski definition) is 2. The zero-order chi connectivity index (χ0) is 21.7. The Hall–Kier alpha value is -3.27. The molecule has 0 spiro atoms. The molecule has 2 N–H and O–H groups in total. The van der Waals surface area contributed by atoms with Crippen LogP contribution in [-0.2, 0) is 13.1 Å². The second kappa shape index (κ2) is 7.45. The van der Waals surface area contributed by atoms with E-state index in [1.807, 2.05) is 0 Å². The lowest BCUT2D eigenvalue weighted by atomic mass is 10.2. The number of fused-ring (bicyclic) bond motifs is 2. The van der Waals surface area contributed by atoms with Gasteiger partial charge >= 0.3 is 0 Å². The first-order chi connectivity index (χ1) is 14.9. The summed E-state index contributed by atoms with van der Waals surface area (Å²) in [5.74, 6) is -1.07. The summed E-state index contributed by atoms with van der Waals surface area (Å²) in [7, 11) is 0. The molecule has 0 aromatic carbocycles. The third-order valence-corrected chi connectivity index (χ3v) is 6.16. The molecule has 9 nitrogen and oxygen atoms in total. The number of pyridine rings is 1. The predicted octanol–water partition coefficient (Wildman–Crippen LogP) is 1.57. The normalized spacial score (nSPS) is 18.8. The Bertz CT molecular complexity index is 1170. The molecule has 3 aromatic heterocycles. The van der Waals surface area contributed by atoms with E-state index < -0.39 is 5.82 Å². The smallest absolute Gasteiger partial charge is 0.272 e. The van der Waals surface area contributed by atoms with Crippen LogP contribution in [0.3, 0.4) is 0 Å². The Morgan fingerprint density at radius 2 is 2.16 bits per heavy atom. The number of carbonyl (C=O) groups excluding carboxylic acids is 2. The van der Waals surface area contributed by atoms with Crippen LogP contribution in [0.2, 0.25) is 0 Å². The van der Waals surface area contributed by atoms with Crippen LogP contribution in [0, 0.1) is 5.82 Å². The van der Waals surface area contributed by atoms with E-state index >= 15 is 0 Å². The van der Waals surface area contributed by atoms with E-state index in [2.05, 4.69) is 39.4 Å². The minimum atomic E-state index is -0.505. The molecule has 10 heteroatoms. The van der Waals surface area contributed by atoms with Crippen molar-refractivity contribution in [2.24, 2.45) is 0 Å². The summed E-state index contributed by atoms with van der Waals surface area (Å²) in [6.45, 7) is 6.59. The van der Waals surface area contributed by atoms with Crippen molar-refractivity contribution in [2.75, 3.05) is 13.1 Å². The second-order valence-electron chi connectivity index (χ2n) is 8.45. The van der Waals surface area contributed by atoms with Crippen LogP contribution in [-0.4, -0.2) is 66.6 Å². The van der Waals surface area contributed by atoms with Crippen molar-refractivity contribution in [3.05, 3.63) is 52.9 Å². The van der Waals surface area contributed by atoms with Gasteiger partial charge in [-0.1, -0.05) is 0 Å². The number of rotatable bonds is 4. The first kappa shape index (κ1) is 19.7. The van der Waals surface area contributed by atoms with Crippen molar-refractivity contribution in [1.82, 2.24) is 34.9 Å². The number of nitrogens with zero attached hydrogens (tertiary/aromatic N) is 5. The van der Waals surface area contributed by atoms with Gasteiger partial charge in [0.2, 0.25) is 0 Å².